The van der Waals surface area contributed by atoms with Crippen LogP contribution in [0.1, 0.15) is 6.92 Å². The summed E-state index contributed by atoms with van der Waals surface area (Å²) in [7, 11) is 0. The molecule has 2 aromatic heterocycles. The van der Waals surface area contributed by atoms with E-state index in [9.17, 15) is 4.79 Å². The Morgan fingerprint density at radius 1 is 1.00 bits per heavy atom. The number of aromatic nitrogens is 5. The van der Waals surface area contributed by atoms with Gasteiger partial charge in [-0.15, -0.1) is 5.10 Å². The SMILES string of the molecule is CCOc1ccc(-n2nnc3c(N4CCN(C(=O)COc5ccc(Cl)cc5Cl)CC4)ncnc32)cc1. The molecule has 10 nitrogen and oxygen atoms in total. The van der Waals surface area contributed by atoms with E-state index in [1.807, 2.05) is 31.2 Å². The number of amides is 1. The van der Waals surface area contributed by atoms with Crippen LogP contribution < -0.4 is 14.4 Å². The molecule has 3 heterocycles. The molecule has 0 aliphatic carbocycles. The van der Waals surface area contributed by atoms with Crippen LogP contribution in [0.4, 0.5) is 5.82 Å². The number of carbonyl (C=O) groups is 1. The number of benzene rings is 2. The number of piperazine rings is 1. The first-order valence-corrected chi connectivity index (χ1v) is 12.2. The average Bonchev–Trinajstić information content (AvgIpc) is 3.33. The lowest BCUT2D eigenvalue weighted by molar-refractivity contribution is -0.133. The van der Waals surface area contributed by atoms with E-state index in [0.717, 1.165) is 11.4 Å². The van der Waals surface area contributed by atoms with Crippen molar-refractivity contribution in [1.82, 2.24) is 29.9 Å². The van der Waals surface area contributed by atoms with Crippen molar-refractivity contribution in [3.8, 4) is 17.2 Å². The number of hydrogen-bond acceptors (Lipinski definition) is 8. The van der Waals surface area contributed by atoms with E-state index in [-0.39, 0.29) is 12.5 Å². The summed E-state index contributed by atoms with van der Waals surface area (Å²) in [5.41, 5.74) is 2.03. The van der Waals surface area contributed by atoms with Crippen LogP contribution in [0, 0.1) is 0 Å². The van der Waals surface area contributed by atoms with Gasteiger partial charge in [0.1, 0.15) is 17.8 Å². The summed E-state index contributed by atoms with van der Waals surface area (Å²) in [4.78, 5) is 25.4. The summed E-state index contributed by atoms with van der Waals surface area (Å²) in [5.74, 6) is 1.78. The van der Waals surface area contributed by atoms with Gasteiger partial charge >= 0.3 is 0 Å². The van der Waals surface area contributed by atoms with Crippen molar-refractivity contribution >= 4 is 46.1 Å². The fraction of sp³-hybridized carbons (Fsp3) is 0.292. The average molecular weight is 528 g/mol. The number of rotatable bonds is 7. The van der Waals surface area contributed by atoms with Crippen LogP contribution in [-0.2, 0) is 4.79 Å². The number of hydrogen-bond donors (Lipinski definition) is 0. The quantitative estimate of drug-likeness (QED) is 0.359. The molecule has 186 valence electrons. The molecular formula is C24H23Cl2N7O3. The van der Waals surface area contributed by atoms with E-state index in [1.54, 1.807) is 27.8 Å². The fourth-order valence-corrected chi connectivity index (χ4v) is 4.45. The Morgan fingerprint density at radius 3 is 2.50 bits per heavy atom. The molecule has 0 bridgehead atoms. The van der Waals surface area contributed by atoms with Crippen molar-refractivity contribution in [3.63, 3.8) is 0 Å². The summed E-state index contributed by atoms with van der Waals surface area (Å²) in [6, 6.07) is 12.5. The molecule has 1 aliphatic heterocycles. The summed E-state index contributed by atoms with van der Waals surface area (Å²) in [6.07, 6.45) is 1.51. The lowest BCUT2D eigenvalue weighted by atomic mass is 10.3. The van der Waals surface area contributed by atoms with Crippen molar-refractivity contribution in [2.45, 2.75) is 6.92 Å². The largest absolute Gasteiger partial charge is 0.494 e. The minimum Gasteiger partial charge on any atom is -0.494 e. The van der Waals surface area contributed by atoms with E-state index >= 15 is 0 Å². The van der Waals surface area contributed by atoms with Gasteiger partial charge in [-0.1, -0.05) is 28.4 Å². The fourth-order valence-electron chi connectivity index (χ4n) is 3.98. The van der Waals surface area contributed by atoms with Crippen molar-refractivity contribution in [1.29, 1.82) is 0 Å². The third kappa shape index (κ3) is 5.00. The summed E-state index contributed by atoms with van der Waals surface area (Å²) >= 11 is 12.0. The Balaban J connectivity index is 1.24. The molecular weight excluding hydrogens is 505 g/mol. The maximum Gasteiger partial charge on any atom is 0.260 e. The number of carbonyl (C=O) groups excluding carboxylic acids is 1. The lowest BCUT2D eigenvalue weighted by Gasteiger charge is -2.35. The van der Waals surface area contributed by atoms with Gasteiger partial charge in [-0.25, -0.2) is 9.97 Å². The summed E-state index contributed by atoms with van der Waals surface area (Å²) < 4.78 is 12.8. The van der Waals surface area contributed by atoms with Crippen molar-refractivity contribution in [3.05, 3.63) is 58.8 Å². The molecule has 1 aliphatic rings. The van der Waals surface area contributed by atoms with Crippen molar-refractivity contribution in [2.24, 2.45) is 0 Å². The van der Waals surface area contributed by atoms with Crippen LogP contribution in [0.5, 0.6) is 11.5 Å². The molecule has 0 N–H and O–H groups in total. The number of ether oxygens (including phenoxy) is 2. The smallest absolute Gasteiger partial charge is 0.260 e. The Morgan fingerprint density at radius 2 is 1.78 bits per heavy atom. The Kier molecular flexibility index (Phi) is 7.06. The molecule has 12 heteroatoms. The standard InChI is InChI=1S/C24H23Cl2N7O3/c1-2-35-18-6-4-17(5-7-18)33-24-22(29-30-33)23(27-15-28-24)32-11-9-31(10-12-32)21(34)14-36-20-8-3-16(25)13-19(20)26/h3-8,13,15H,2,9-12,14H2,1H3. The van der Waals surface area contributed by atoms with E-state index in [4.69, 9.17) is 32.7 Å². The maximum absolute atomic E-state index is 12.7. The topological polar surface area (TPSA) is 98.5 Å². The second kappa shape index (κ2) is 10.5. The molecule has 0 unspecified atom stereocenters. The van der Waals surface area contributed by atoms with E-state index in [2.05, 4.69) is 25.2 Å². The van der Waals surface area contributed by atoms with Crippen LogP contribution in [-0.4, -0.2) is 75.2 Å². The molecule has 0 saturated carbocycles. The van der Waals surface area contributed by atoms with Crippen molar-refractivity contribution in [2.75, 3.05) is 44.3 Å². The highest BCUT2D eigenvalue weighted by Gasteiger charge is 2.25. The molecule has 36 heavy (non-hydrogen) atoms. The van der Waals surface area contributed by atoms with Gasteiger partial charge in [-0.2, -0.15) is 4.68 Å². The Hall–Kier alpha value is -3.63. The molecule has 1 amide bonds. The van der Waals surface area contributed by atoms with Gasteiger partial charge in [0.25, 0.3) is 5.91 Å². The van der Waals surface area contributed by atoms with Gasteiger partial charge in [-0.3, -0.25) is 4.79 Å². The molecule has 0 atom stereocenters. The zero-order valence-corrected chi connectivity index (χ0v) is 21.0. The number of halogens is 2. The number of fused-ring (bicyclic) bond motifs is 1. The second-order valence-electron chi connectivity index (χ2n) is 8.03. The number of anilines is 1. The van der Waals surface area contributed by atoms with Gasteiger partial charge in [-0.05, 0) is 49.4 Å². The molecule has 4 aromatic rings. The minimum absolute atomic E-state index is 0.102. The molecule has 2 aromatic carbocycles. The summed E-state index contributed by atoms with van der Waals surface area (Å²) in [6.45, 7) is 4.67. The monoisotopic (exact) mass is 527 g/mol. The highest BCUT2D eigenvalue weighted by Crippen LogP contribution is 2.28. The molecule has 5 rings (SSSR count). The second-order valence-corrected chi connectivity index (χ2v) is 8.87. The highest BCUT2D eigenvalue weighted by molar-refractivity contribution is 6.35. The van der Waals surface area contributed by atoms with Gasteiger partial charge in [0.05, 0.1) is 17.3 Å². The summed E-state index contributed by atoms with van der Waals surface area (Å²) in [5, 5.41) is 9.53. The predicted octanol–water partition coefficient (Wildman–Crippen LogP) is 3.64. The van der Waals surface area contributed by atoms with Gasteiger partial charge in [0.2, 0.25) is 0 Å². The normalized spacial score (nSPS) is 13.8. The first kappa shape index (κ1) is 24.1. The Labute approximate surface area is 217 Å². The van der Waals surface area contributed by atoms with Gasteiger partial charge < -0.3 is 19.3 Å². The van der Waals surface area contributed by atoms with Gasteiger partial charge in [0.15, 0.2) is 23.6 Å². The predicted molar refractivity (Wildman–Crippen MR) is 136 cm³/mol. The third-order valence-electron chi connectivity index (χ3n) is 5.79. The third-order valence-corrected chi connectivity index (χ3v) is 6.32. The zero-order chi connectivity index (χ0) is 25.1. The van der Waals surface area contributed by atoms with Crippen LogP contribution in [0.3, 0.4) is 0 Å². The molecule has 1 saturated heterocycles. The van der Waals surface area contributed by atoms with E-state index in [0.29, 0.717) is 65.6 Å². The lowest BCUT2D eigenvalue weighted by Crippen LogP contribution is -2.50. The molecule has 1 fully saturated rings. The van der Waals surface area contributed by atoms with Crippen LogP contribution >= 0.6 is 23.2 Å². The first-order chi connectivity index (χ1) is 17.5. The van der Waals surface area contributed by atoms with E-state index in [1.165, 1.54) is 6.33 Å². The first-order valence-electron chi connectivity index (χ1n) is 11.4. The van der Waals surface area contributed by atoms with Crippen LogP contribution in [0.2, 0.25) is 10.0 Å². The van der Waals surface area contributed by atoms with Crippen LogP contribution in [0.25, 0.3) is 16.9 Å². The van der Waals surface area contributed by atoms with E-state index < -0.39 is 0 Å². The number of nitrogens with zero attached hydrogens (tertiary/aromatic N) is 7. The van der Waals surface area contributed by atoms with Crippen molar-refractivity contribution < 1.29 is 14.3 Å². The molecule has 0 spiro atoms. The maximum atomic E-state index is 12.7. The minimum atomic E-state index is -0.116. The van der Waals surface area contributed by atoms with Crippen LogP contribution in [0.15, 0.2) is 48.8 Å². The van der Waals surface area contributed by atoms with Gasteiger partial charge in [0, 0.05) is 31.2 Å². The Bertz CT molecular complexity index is 1370. The molecule has 0 radical (unpaired) electrons. The zero-order valence-electron chi connectivity index (χ0n) is 19.5. The highest BCUT2D eigenvalue weighted by atomic mass is 35.5.